The van der Waals surface area contributed by atoms with Crippen LogP contribution in [0.5, 0.6) is 0 Å². The number of nitrogens with two attached hydrogens (primary N) is 1. The first kappa shape index (κ1) is 22.0. The maximum absolute atomic E-state index is 13.3. The molecule has 1 aliphatic rings. The van der Waals surface area contributed by atoms with Crippen molar-refractivity contribution in [3.63, 3.8) is 0 Å². The molecule has 1 atom stereocenters. The largest absolute Gasteiger partial charge is 0.384 e. The molecule has 1 unspecified atom stereocenters. The average Bonchev–Trinajstić information content (AvgIpc) is 2.71. The van der Waals surface area contributed by atoms with Gasteiger partial charge in [-0.05, 0) is 44.9 Å². The number of anilines is 1. The average molecular weight is 414 g/mol. The van der Waals surface area contributed by atoms with Crippen LogP contribution >= 0.6 is 0 Å². The lowest BCUT2D eigenvalue weighted by Crippen LogP contribution is -2.45. The van der Waals surface area contributed by atoms with Crippen LogP contribution in [0.3, 0.4) is 0 Å². The molecule has 0 spiro atoms. The van der Waals surface area contributed by atoms with Gasteiger partial charge in [0.15, 0.2) is 0 Å². The van der Waals surface area contributed by atoms with Crippen molar-refractivity contribution in [3.8, 4) is 0 Å². The van der Waals surface area contributed by atoms with Crippen molar-refractivity contribution in [1.29, 1.82) is 0 Å². The first-order valence-corrected chi connectivity index (χ1v) is 10.8. The van der Waals surface area contributed by atoms with E-state index < -0.39 is 11.9 Å². The summed E-state index contributed by atoms with van der Waals surface area (Å²) in [5.41, 5.74) is 6.60. The molecule has 0 saturated carbocycles. The van der Waals surface area contributed by atoms with Crippen LogP contribution < -0.4 is 21.9 Å². The molecule has 1 aliphatic heterocycles. The number of aromatic nitrogens is 2. The summed E-state index contributed by atoms with van der Waals surface area (Å²) in [5, 5.41) is 6.18. The fourth-order valence-corrected chi connectivity index (χ4v) is 4.00. The molecule has 1 saturated heterocycles. The molecular formula is C22H31N5O3. The fourth-order valence-electron chi connectivity index (χ4n) is 4.00. The van der Waals surface area contributed by atoms with Crippen LogP contribution in [0, 0.1) is 6.92 Å². The molecule has 8 nitrogen and oxygen atoms in total. The molecule has 0 bridgehead atoms. The zero-order chi connectivity index (χ0) is 21.5. The molecule has 2 heterocycles. The van der Waals surface area contributed by atoms with Gasteiger partial charge in [-0.1, -0.05) is 31.7 Å². The van der Waals surface area contributed by atoms with Crippen LogP contribution in [-0.4, -0.2) is 34.5 Å². The van der Waals surface area contributed by atoms with Crippen molar-refractivity contribution in [2.75, 3.05) is 18.4 Å². The highest BCUT2D eigenvalue weighted by Crippen LogP contribution is 2.23. The maximum Gasteiger partial charge on any atom is 0.264 e. The van der Waals surface area contributed by atoms with E-state index in [0.717, 1.165) is 38.0 Å². The van der Waals surface area contributed by atoms with E-state index in [1.165, 1.54) is 23.8 Å². The number of rotatable bonds is 10. The highest BCUT2D eigenvalue weighted by molar-refractivity contribution is 5.99. The van der Waals surface area contributed by atoms with Crippen LogP contribution in [0.4, 0.5) is 5.69 Å². The van der Waals surface area contributed by atoms with E-state index in [1.807, 2.05) is 12.1 Å². The number of carbonyl (C=O) groups is 2. The Hall–Kier alpha value is -2.74. The van der Waals surface area contributed by atoms with E-state index in [9.17, 15) is 14.4 Å². The molecule has 162 valence electrons. The van der Waals surface area contributed by atoms with Crippen molar-refractivity contribution in [3.05, 3.63) is 34.4 Å². The number of carbonyl (C=O) groups excluding carboxylic acids is 2. The van der Waals surface area contributed by atoms with Crippen molar-refractivity contribution < 1.29 is 9.59 Å². The van der Waals surface area contributed by atoms with Gasteiger partial charge in [-0.15, -0.1) is 0 Å². The predicted octanol–water partition coefficient (Wildman–Crippen LogP) is 2.39. The second-order valence-corrected chi connectivity index (χ2v) is 7.84. The minimum atomic E-state index is -0.714. The van der Waals surface area contributed by atoms with Crippen molar-refractivity contribution >= 4 is 28.4 Å². The second-order valence-electron chi connectivity index (χ2n) is 7.84. The zero-order valence-corrected chi connectivity index (χ0v) is 17.6. The molecule has 30 heavy (non-hydrogen) atoms. The van der Waals surface area contributed by atoms with Gasteiger partial charge in [0.2, 0.25) is 11.8 Å². The Morgan fingerprint density at radius 2 is 1.87 bits per heavy atom. The molecule has 0 radical (unpaired) electrons. The summed E-state index contributed by atoms with van der Waals surface area (Å²) >= 11 is 0. The number of nitrogens with zero attached hydrogens (tertiary/aromatic N) is 2. The number of unbranched alkanes of at least 4 members (excludes halogenated alkanes) is 5. The molecule has 1 aromatic carbocycles. The van der Waals surface area contributed by atoms with Gasteiger partial charge in [-0.2, -0.15) is 0 Å². The summed E-state index contributed by atoms with van der Waals surface area (Å²) in [6.07, 6.45) is 7.30. The molecule has 1 fully saturated rings. The number of piperidine rings is 1. The number of fused-ring (bicyclic) bond motifs is 1. The monoisotopic (exact) mass is 413 g/mol. The van der Waals surface area contributed by atoms with Gasteiger partial charge in [0.05, 0.1) is 10.9 Å². The number of hydrogen-bond donors (Lipinski definition) is 3. The molecule has 4 N–H and O–H groups in total. The van der Waals surface area contributed by atoms with Crippen molar-refractivity contribution in [2.45, 2.75) is 64.3 Å². The lowest BCUT2D eigenvalue weighted by atomic mass is 10.1. The number of aryl methyl sites for hydroxylation is 1. The summed E-state index contributed by atoms with van der Waals surface area (Å²) in [6, 6.07) is 4.84. The van der Waals surface area contributed by atoms with E-state index in [2.05, 4.69) is 15.6 Å². The predicted molar refractivity (Wildman–Crippen MR) is 117 cm³/mol. The first-order valence-electron chi connectivity index (χ1n) is 10.8. The third-order valence-corrected chi connectivity index (χ3v) is 5.57. The Labute approximate surface area is 176 Å². The Bertz CT molecular complexity index is 969. The third-order valence-electron chi connectivity index (χ3n) is 5.57. The minimum absolute atomic E-state index is 0.214. The van der Waals surface area contributed by atoms with Gasteiger partial charge in [-0.25, -0.2) is 4.98 Å². The zero-order valence-electron chi connectivity index (χ0n) is 17.6. The van der Waals surface area contributed by atoms with Crippen LogP contribution in [0.2, 0.25) is 0 Å². The van der Waals surface area contributed by atoms with Crippen LogP contribution in [-0.2, 0) is 9.59 Å². The lowest BCUT2D eigenvalue weighted by molar-refractivity contribution is -0.135. The van der Waals surface area contributed by atoms with Crippen molar-refractivity contribution in [1.82, 2.24) is 14.9 Å². The molecule has 3 rings (SSSR count). The van der Waals surface area contributed by atoms with Gasteiger partial charge in [0.25, 0.3) is 5.56 Å². The van der Waals surface area contributed by atoms with Crippen LogP contribution in [0.15, 0.2) is 23.0 Å². The molecule has 2 amide bonds. The molecular weight excluding hydrogens is 382 g/mol. The molecule has 8 heteroatoms. The third kappa shape index (κ3) is 5.05. The van der Waals surface area contributed by atoms with E-state index >= 15 is 0 Å². The number of nitrogens with one attached hydrogen (secondary N) is 2. The van der Waals surface area contributed by atoms with Gasteiger partial charge in [0.1, 0.15) is 11.9 Å². The number of imide groups is 1. The normalized spacial score (nSPS) is 16.7. The molecule has 0 aliphatic carbocycles. The summed E-state index contributed by atoms with van der Waals surface area (Å²) in [6.45, 7) is 3.24. The SMILES string of the molecule is Cc1nc2cccc(NCCCCCCCCN)c2c(=O)n1C1CCC(=O)NC1=O. The van der Waals surface area contributed by atoms with E-state index in [-0.39, 0.29) is 17.9 Å². The lowest BCUT2D eigenvalue weighted by Gasteiger charge is -2.24. The summed E-state index contributed by atoms with van der Waals surface area (Å²) in [5.74, 6) is -0.282. The molecule has 1 aromatic heterocycles. The fraction of sp³-hybridized carbons (Fsp3) is 0.545. The molecule has 2 aromatic rings. The van der Waals surface area contributed by atoms with Crippen molar-refractivity contribution in [2.24, 2.45) is 5.73 Å². The minimum Gasteiger partial charge on any atom is -0.384 e. The standard InChI is InChI=1S/C22H31N5O3/c1-15-25-17-10-8-9-16(24-14-7-5-3-2-4-6-13-23)20(17)22(30)27(15)18-11-12-19(28)26-21(18)29/h8-10,18,24H,2-7,11-14,23H2,1H3,(H,26,28,29). The van der Waals surface area contributed by atoms with Gasteiger partial charge < -0.3 is 11.1 Å². The van der Waals surface area contributed by atoms with Crippen LogP contribution in [0.1, 0.15) is 63.2 Å². The van der Waals surface area contributed by atoms with E-state index in [0.29, 0.717) is 23.1 Å². The highest BCUT2D eigenvalue weighted by atomic mass is 16.2. The quantitative estimate of drug-likeness (QED) is 0.406. The maximum atomic E-state index is 13.3. The first-order chi connectivity index (χ1) is 14.5. The van der Waals surface area contributed by atoms with E-state index in [1.54, 1.807) is 13.0 Å². The Morgan fingerprint density at radius 3 is 2.60 bits per heavy atom. The Kier molecular flexibility index (Phi) is 7.57. The summed E-state index contributed by atoms with van der Waals surface area (Å²) in [4.78, 5) is 41.7. The Morgan fingerprint density at radius 1 is 1.13 bits per heavy atom. The number of amides is 2. The topological polar surface area (TPSA) is 119 Å². The van der Waals surface area contributed by atoms with Crippen LogP contribution in [0.25, 0.3) is 10.9 Å². The highest BCUT2D eigenvalue weighted by Gasteiger charge is 2.30. The smallest absolute Gasteiger partial charge is 0.264 e. The van der Waals surface area contributed by atoms with E-state index in [4.69, 9.17) is 5.73 Å². The Balaban J connectivity index is 1.76. The number of benzene rings is 1. The number of hydrogen-bond acceptors (Lipinski definition) is 6. The summed E-state index contributed by atoms with van der Waals surface area (Å²) < 4.78 is 1.42. The van der Waals surface area contributed by atoms with Gasteiger partial charge in [-0.3, -0.25) is 24.3 Å². The van der Waals surface area contributed by atoms with Gasteiger partial charge in [0, 0.05) is 18.7 Å². The van der Waals surface area contributed by atoms with Gasteiger partial charge >= 0.3 is 0 Å². The summed E-state index contributed by atoms with van der Waals surface area (Å²) in [7, 11) is 0. The second kappa shape index (κ2) is 10.3.